The highest BCUT2D eigenvalue weighted by atomic mass is 28.3. The highest BCUT2D eigenvalue weighted by molar-refractivity contribution is 6.91. The molecule has 0 radical (unpaired) electrons. The van der Waals surface area contributed by atoms with Crippen LogP contribution < -0.4 is 14.8 Å². The van der Waals surface area contributed by atoms with E-state index in [1.807, 2.05) is 53.3 Å². The molecule has 1 aromatic heterocycles. The highest BCUT2D eigenvalue weighted by Gasteiger charge is 2.50. The number of aryl methyl sites for hydroxylation is 2. The fourth-order valence-electron chi connectivity index (χ4n) is 6.84. The van der Waals surface area contributed by atoms with Crippen molar-refractivity contribution < 1.29 is 19.4 Å². The van der Waals surface area contributed by atoms with Gasteiger partial charge < -0.3 is 14.6 Å². The number of para-hydroxylation sites is 1. The molecule has 2 heterocycles. The van der Waals surface area contributed by atoms with E-state index >= 15 is 0 Å². The molecule has 0 bridgehead atoms. The summed E-state index contributed by atoms with van der Waals surface area (Å²) >= 11 is 0. The van der Waals surface area contributed by atoms with Crippen LogP contribution in [-0.4, -0.2) is 60.5 Å². The summed E-state index contributed by atoms with van der Waals surface area (Å²) in [7, 11) is -0.253. The molecule has 1 saturated heterocycles. The summed E-state index contributed by atoms with van der Waals surface area (Å²) in [4.78, 5) is 13.5. The molecule has 232 valence electrons. The zero-order valence-corrected chi connectivity index (χ0v) is 27.2. The molecule has 1 fully saturated rings. The third kappa shape index (κ3) is 7.12. The number of aromatic nitrogens is 3. The van der Waals surface area contributed by atoms with Gasteiger partial charge in [-0.1, -0.05) is 72.9 Å². The molecule has 0 aliphatic carbocycles. The summed E-state index contributed by atoms with van der Waals surface area (Å²) in [6.45, 7) is 8.09. The maximum absolute atomic E-state index is 11.9. The number of benzene rings is 3. The molecule has 44 heavy (non-hydrogen) atoms. The maximum Gasteiger partial charge on any atom is 0.218 e. The molecular formula is C35H44N4O4Si. The fraction of sp³-hybridized carbons (Fsp3) is 0.400. The topological polar surface area (TPSA) is 89.7 Å². The zero-order valence-electron chi connectivity index (χ0n) is 26.2. The Kier molecular flexibility index (Phi) is 10.3. The molecule has 8 nitrogen and oxygen atoms in total. The van der Waals surface area contributed by atoms with Crippen molar-refractivity contribution in [2.45, 2.75) is 70.0 Å². The molecule has 1 aliphatic rings. The molecule has 1 amide bonds. The lowest BCUT2D eigenvalue weighted by atomic mass is 9.95. The number of hydrogen-bond donors (Lipinski definition) is 1. The minimum atomic E-state index is -1.96. The van der Waals surface area contributed by atoms with E-state index in [4.69, 9.17) is 9.47 Å². The van der Waals surface area contributed by atoms with Crippen molar-refractivity contribution >= 4 is 31.0 Å². The number of carbonyl (C=O) groups excluding carboxylic acids is 1. The van der Waals surface area contributed by atoms with Crippen LogP contribution in [0.3, 0.4) is 0 Å². The van der Waals surface area contributed by atoms with E-state index in [0.717, 1.165) is 55.0 Å². The smallest absolute Gasteiger partial charge is 0.218 e. The van der Waals surface area contributed by atoms with Crippen LogP contribution >= 0.6 is 0 Å². The molecule has 4 atom stereocenters. The van der Waals surface area contributed by atoms with Gasteiger partial charge in [0, 0.05) is 37.1 Å². The van der Waals surface area contributed by atoms with E-state index in [0.29, 0.717) is 17.9 Å². The molecule has 1 aliphatic heterocycles. The zero-order chi connectivity index (χ0) is 31.1. The van der Waals surface area contributed by atoms with Gasteiger partial charge >= 0.3 is 0 Å². The van der Waals surface area contributed by atoms with Gasteiger partial charge in [0.2, 0.25) is 6.41 Å². The van der Waals surface area contributed by atoms with Gasteiger partial charge in [-0.15, -0.1) is 5.10 Å². The van der Waals surface area contributed by atoms with Gasteiger partial charge in [-0.05, 0) is 72.7 Å². The molecule has 5 rings (SSSR count). The number of carbonyl (C=O) groups is 1. The van der Waals surface area contributed by atoms with Crippen LogP contribution in [0.2, 0.25) is 18.6 Å². The lowest BCUT2D eigenvalue weighted by Gasteiger charge is -2.36. The number of anilines is 2. The largest absolute Gasteiger partial charge is 0.497 e. The lowest BCUT2D eigenvalue weighted by Crippen LogP contribution is -2.50. The number of ether oxygens (including phenoxy) is 2. The summed E-state index contributed by atoms with van der Waals surface area (Å²) in [6.07, 6.45) is 6.25. The number of rotatable bonds is 14. The Morgan fingerprint density at radius 3 is 2.32 bits per heavy atom. The van der Waals surface area contributed by atoms with Crippen LogP contribution in [0, 0.1) is 5.92 Å². The van der Waals surface area contributed by atoms with Crippen molar-refractivity contribution in [1.29, 1.82) is 0 Å². The van der Waals surface area contributed by atoms with Crippen molar-refractivity contribution in [2.75, 3.05) is 18.6 Å². The summed E-state index contributed by atoms with van der Waals surface area (Å²) in [6, 6.07) is 26.6. The molecule has 1 N–H and O–H groups in total. The maximum atomic E-state index is 11.9. The first-order valence-electron chi connectivity index (χ1n) is 15.5. The van der Waals surface area contributed by atoms with E-state index in [2.05, 4.69) is 66.7 Å². The van der Waals surface area contributed by atoms with Crippen LogP contribution in [0.1, 0.15) is 31.0 Å². The molecular weight excluding hydrogens is 568 g/mol. The van der Waals surface area contributed by atoms with E-state index in [9.17, 15) is 9.90 Å². The summed E-state index contributed by atoms with van der Waals surface area (Å²) < 4.78 is 14.2. The third-order valence-electron chi connectivity index (χ3n) is 9.24. The van der Waals surface area contributed by atoms with Gasteiger partial charge in [-0.2, -0.15) is 0 Å². The third-order valence-corrected chi connectivity index (χ3v) is 13.6. The summed E-state index contributed by atoms with van der Waals surface area (Å²) in [5, 5.41) is 19.2. The standard InChI is InChI=1S/C35H44N4O4Si/c1-26-33(19-12-27-10-13-30(14-11-27)39(25-41)29-8-6-5-7-9-29)43-34(20-22-38-24-28(21-23-40)36-37-38)35(26)44(3,4)32-17-15-31(42-2)16-18-32/h5-11,13-18,24-26,33-35,40H,12,19-23H2,1-4H3/t26-,33+,34-,35+/m1/s1. The predicted octanol–water partition coefficient (Wildman–Crippen LogP) is 5.53. The van der Waals surface area contributed by atoms with Gasteiger partial charge in [0.15, 0.2) is 0 Å². The quantitative estimate of drug-likeness (QED) is 0.149. The first-order chi connectivity index (χ1) is 21.3. The Hall–Kier alpha value is -3.79. The Bertz CT molecular complexity index is 1480. The first-order valence-corrected chi connectivity index (χ1v) is 18.6. The highest BCUT2D eigenvalue weighted by Crippen LogP contribution is 2.46. The van der Waals surface area contributed by atoms with Gasteiger partial charge in [0.25, 0.3) is 0 Å². The molecule has 9 heteroatoms. The normalized spacial score (nSPS) is 20.0. The van der Waals surface area contributed by atoms with Crippen molar-refractivity contribution in [2.24, 2.45) is 5.92 Å². The number of aliphatic hydroxyl groups is 1. The Morgan fingerprint density at radius 2 is 1.66 bits per heavy atom. The Labute approximate surface area is 261 Å². The number of nitrogens with zero attached hydrogens (tertiary/aromatic N) is 4. The number of hydrogen-bond acceptors (Lipinski definition) is 6. The van der Waals surface area contributed by atoms with E-state index in [1.54, 1.807) is 12.0 Å². The molecule has 0 spiro atoms. The first kappa shape index (κ1) is 31.6. The van der Waals surface area contributed by atoms with E-state index in [-0.39, 0.29) is 18.8 Å². The van der Waals surface area contributed by atoms with Crippen molar-refractivity contribution in [3.63, 3.8) is 0 Å². The van der Waals surface area contributed by atoms with E-state index < -0.39 is 8.07 Å². The van der Waals surface area contributed by atoms with Gasteiger partial charge in [0.1, 0.15) is 5.75 Å². The summed E-state index contributed by atoms with van der Waals surface area (Å²) in [5.74, 6) is 1.27. The average Bonchev–Trinajstić information content (AvgIpc) is 3.64. The number of amides is 1. The minimum Gasteiger partial charge on any atom is -0.497 e. The van der Waals surface area contributed by atoms with Crippen molar-refractivity contribution in [3.8, 4) is 5.75 Å². The van der Waals surface area contributed by atoms with Gasteiger partial charge in [-0.25, -0.2) is 0 Å². The van der Waals surface area contributed by atoms with Crippen molar-refractivity contribution in [3.05, 3.63) is 96.3 Å². The molecule has 0 saturated carbocycles. The number of aliphatic hydroxyl groups excluding tert-OH is 1. The molecule has 0 unspecified atom stereocenters. The second kappa shape index (κ2) is 14.3. The SMILES string of the molecule is COc1ccc([Si](C)(C)[C@H]2[C@H](C)[C@H](CCc3ccc(N(C=O)c4ccccc4)cc3)O[C@@H]2CCn2cc(CCO)nn2)cc1. The van der Waals surface area contributed by atoms with Crippen LogP contribution in [0.5, 0.6) is 5.75 Å². The molecule has 4 aromatic rings. The summed E-state index contributed by atoms with van der Waals surface area (Å²) in [5.41, 5.74) is 4.16. The minimum absolute atomic E-state index is 0.0679. The van der Waals surface area contributed by atoms with Crippen LogP contribution in [-0.2, 0) is 28.9 Å². The second-order valence-electron chi connectivity index (χ2n) is 12.3. The Balaban J connectivity index is 1.30. The van der Waals surface area contributed by atoms with E-state index in [1.165, 1.54) is 10.8 Å². The van der Waals surface area contributed by atoms with Gasteiger partial charge in [-0.3, -0.25) is 14.4 Å². The van der Waals surface area contributed by atoms with Crippen LogP contribution in [0.25, 0.3) is 0 Å². The molecule has 3 aromatic carbocycles. The fourth-order valence-corrected chi connectivity index (χ4v) is 11.0. The monoisotopic (exact) mass is 612 g/mol. The second-order valence-corrected chi connectivity index (χ2v) is 17.0. The lowest BCUT2D eigenvalue weighted by molar-refractivity contribution is -0.106. The van der Waals surface area contributed by atoms with Gasteiger partial charge in [0.05, 0.1) is 33.1 Å². The van der Waals surface area contributed by atoms with Crippen LogP contribution in [0.4, 0.5) is 11.4 Å². The average molecular weight is 613 g/mol. The van der Waals surface area contributed by atoms with Crippen LogP contribution in [0.15, 0.2) is 85.1 Å². The Morgan fingerprint density at radius 1 is 0.955 bits per heavy atom. The number of methoxy groups -OCH3 is 1. The van der Waals surface area contributed by atoms with Crippen molar-refractivity contribution in [1.82, 2.24) is 15.0 Å². The predicted molar refractivity (Wildman–Crippen MR) is 177 cm³/mol.